The van der Waals surface area contributed by atoms with E-state index in [1.54, 1.807) is 24.5 Å². The molecule has 0 saturated heterocycles. The molecule has 12 heteroatoms. The molecule has 0 saturated carbocycles. The van der Waals surface area contributed by atoms with Crippen LogP contribution in [0.25, 0.3) is 5.69 Å². The van der Waals surface area contributed by atoms with E-state index in [2.05, 4.69) is 15.1 Å². The molecule has 0 aliphatic carbocycles. The van der Waals surface area contributed by atoms with Crippen LogP contribution < -0.4 is 0 Å². The van der Waals surface area contributed by atoms with Crippen LogP contribution in [0.3, 0.4) is 0 Å². The zero-order valence-corrected chi connectivity index (χ0v) is 19.3. The van der Waals surface area contributed by atoms with Crippen molar-refractivity contribution in [2.24, 2.45) is 0 Å². The van der Waals surface area contributed by atoms with E-state index < -0.39 is 17.6 Å². The third kappa shape index (κ3) is 5.72. The summed E-state index contributed by atoms with van der Waals surface area (Å²) in [5, 5.41) is 13.9. The molecule has 1 amide bonds. The summed E-state index contributed by atoms with van der Waals surface area (Å²) in [7, 11) is 0. The highest BCUT2D eigenvalue weighted by Crippen LogP contribution is 2.34. The Morgan fingerprint density at radius 2 is 1.71 bits per heavy atom. The normalized spacial score (nSPS) is 11.5. The first-order chi connectivity index (χ1) is 16.6. The number of rotatable bonds is 6. The maximum atomic E-state index is 13.3. The Hall–Kier alpha value is -3.63. The zero-order chi connectivity index (χ0) is 25.2. The Balaban J connectivity index is 1.65. The first kappa shape index (κ1) is 24.5. The lowest BCUT2D eigenvalue weighted by Gasteiger charge is -2.22. The number of phenols is 1. The standard InChI is InChI=1S/C23H16Cl2F3N5O2/c24-18-8-17(9-19(25)20(18)34)33-13-30-21(31-33)22(35)32(12-15-4-2-6-29-10-15)11-14-3-1-5-16(7-14)23(26,27)28/h1-10,13,34H,11-12H2. The number of aromatic nitrogens is 4. The van der Waals surface area contributed by atoms with Crippen LogP contribution in [0.1, 0.15) is 27.3 Å². The van der Waals surface area contributed by atoms with E-state index in [-0.39, 0.29) is 40.3 Å². The quantitative estimate of drug-likeness (QED) is 0.360. The Morgan fingerprint density at radius 1 is 1.03 bits per heavy atom. The van der Waals surface area contributed by atoms with Gasteiger partial charge in [-0.15, -0.1) is 5.10 Å². The zero-order valence-electron chi connectivity index (χ0n) is 17.7. The van der Waals surface area contributed by atoms with Crippen molar-refractivity contribution >= 4 is 29.1 Å². The lowest BCUT2D eigenvalue weighted by Crippen LogP contribution is -2.31. The number of carbonyl (C=O) groups is 1. The van der Waals surface area contributed by atoms with Gasteiger partial charge < -0.3 is 10.0 Å². The van der Waals surface area contributed by atoms with E-state index in [0.717, 1.165) is 12.1 Å². The van der Waals surface area contributed by atoms with Crippen LogP contribution >= 0.6 is 23.2 Å². The Morgan fingerprint density at radius 3 is 2.37 bits per heavy atom. The molecule has 0 atom stereocenters. The van der Waals surface area contributed by atoms with Crippen molar-refractivity contribution in [1.29, 1.82) is 0 Å². The third-order valence-electron chi connectivity index (χ3n) is 4.96. The van der Waals surface area contributed by atoms with Gasteiger partial charge in [0, 0.05) is 25.5 Å². The number of phenolic OH excluding ortho intramolecular Hbond substituents is 1. The Labute approximate surface area is 207 Å². The number of halogens is 5. The molecule has 0 fully saturated rings. The minimum Gasteiger partial charge on any atom is -0.505 e. The fraction of sp³-hybridized carbons (Fsp3) is 0.130. The highest BCUT2D eigenvalue weighted by atomic mass is 35.5. The average molecular weight is 522 g/mol. The predicted octanol–water partition coefficient (Wildman–Crippen LogP) is 5.54. The maximum absolute atomic E-state index is 13.3. The van der Waals surface area contributed by atoms with E-state index in [4.69, 9.17) is 23.2 Å². The monoisotopic (exact) mass is 521 g/mol. The van der Waals surface area contributed by atoms with Crippen LogP contribution in [-0.2, 0) is 19.3 Å². The number of hydrogen-bond donors (Lipinski definition) is 1. The number of nitrogens with zero attached hydrogens (tertiary/aromatic N) is 5. The van der Waals surface area contributed by atoms with E-state index in [1.807, 2.05) is 0 Å². The van der Waals surface area contributed by atoms with E-state index in [1.165, 1.54) is 40.2 Å². The molecule has 0 aliphatic rings. The van der Waals surface area contributed by atoms with Gasteiger partial charge in [-0.3, -0.25) is 9.78 Å². The smallest absolute Gasteiger partial charge is 0.416 e. The van der Waals surface area contributed by atoms with Gasteiger partial charge in [-0.1, -0.05) is 41.4 Å². The van der Waals surface area contributed by atoms with E-state index in [9.17, 15) is 23.1 Å². The number of carbonyl (C=O) groups excluding carboxylic acids is 1. The molecule has 0 spiro atoms. The fourth-order valence-corrected chi connectivity index (χ4v) is 3.76. The molecule has 35 heavy (non-hydrogen) atoms. The van der Waals surface area contributed by atoms with Gasteiger partial charge in [0.05, 0.1) is 21.3 Å². The summed E-state index contributed by atoms with van der Waals surface area (Å²) in [4.78, 5) is 22.7. The van der Waals surface area contributed by atoms with Gasteiger partial charge in [-0.2, -0.15) is 13.2 Å². The minimum atomic E-state index is -4.51. The largest absolute Gasteiger partial charge is 0.505 e. The molecule has 4 rings (SSSR count). The Bertz CT molecular complexity index is 1340. The number of benzene rings is 2. The van der Waals surface area contributed by atoms with Crippen molar-refractivity contribution in [3.05, 3.63) is 99.8 Å². The number of pyridine rings is 1. The second-order valence-electron chi connectivity index (χ2n) is 7.49. The molecule has 2 heterocycles. The molecule has 2 aromatic heterocycles. The molecule has 0 unspecified atom stereocenters. The van der Waals surface area contributed by atoms with Crippen LogP contribution in [0.4, 0.5) is 13.2 Å². The van der Waals surface area contributed by atoms with Gasteiger partial charge in [0.1, 0.15) is 6.33 Å². The summed E-state index contributed by atoms with van der Waals surface area (Å²) in [6.45, 7) is -0.0582. The lowest BCUT2D eigenvalue weighted by molar-refractivity contribution is -0.137. The molecule has 7 nitrogen and oxygen atoms in total. The minimum absolute atomic E-state index is 0.0152. The van der Waals surface area contributed by atoms with Crippen molar-refractivity contribution in [1.82, 2.24) is 24.6 Å². The first-order valence-corrected chi connectivity index (χ1v) is 10.8. The van der Waals surface area contributed by atoms with E-state index in [0.29, 0.717) is 11.3 Å². The lowest BCUT2D eigenvalue weighted by atomic mass is 10.1. The summed E-state index contributed by atoms with van der Waals surface area (Å²) in [5.74, 6) is -1.10. The topological polar surface area (TPSA) is 84.1 Å². The summed E-state index contributed by atoms with van der Waals surface area (Å²) in [6, 6.07) is 11.0. The number of alkyl halides is 3. The van der Waals surface area contributed by atoms with Gasteiger partial charge >= 0.3 is 6.18 Å². The molecule has 2 aromatic carbocycles. The van der Waals surface area contributed by atoms with E-state index >= 15 is 0 Å². The third-order valence-corrected chi connectivity index (χ3v) is 5.54. The second kappa shape index (κ2) is 9.93. The highest BCUT2D eigenvalue weighted by molar-refractivity contribution is 6.37. The summed E-state index contributed by atoms with van der Waals surface area (Å²) in [6.07, 6.45) is -0.126. The van der Waals surface area contributed by atoms with Gasteiger partial charge in [0.15, 0.2) is 5.75 Å². The van der Waals surface area contributed by atoms with Gasteiger partial charge in [-0.25, -0.2) is 9.67 Å². The van der Waals surface area contributed by atoms with Gasteiger partial charge in [0.25, 0.3) is 5.91 Å². The molecule has 0 radical (unpaired) electrons. The van der Waals surface area contributed by atoms with Crippen molar-refractivity contribution in [2.45, 2.75) is 19.3 Å². The van der Waals surface area contributed by atoms with Crippen LogP contribution in [0.2, 0.25) is 10.0 Å². The Kier molecular flexibility index (Phi) is 6.95. The van der Waals surface area contributed by atoms with Crippen molar-refractivity contribution in [3.63, 3.8) is 0 Å². The van der Waals surface area contributed by atoms with Crippen molar-refractivity contribution < 1.29 is 23.1 Å². The molecule has 0 bridgehead atoms. The SMILES string of the molecule is O=C(c1ncn(-c2cc(Cl)c(O)c(Cl)c2)n1)N(Cc1cccnc1)Cc1cccc(C(F)(F)F)c1. The number of aromatic hydroxyl groups is 1. The summed E-state index contributed by atoms with van der Waals surface area (Å²) in [5.41, 5.74) is 0.492. The van der Waals surface area contributed by atoms with Crippen molar-refractivity contribution in [3.8, 4) is 11.4 Å². The van der Waals surface area contributed by atoms with Gasteiger partial charge in [0.2, 0.25) is 5.82 Å². The first-order valence-electron chi connectivity index (χ1n) is 10.1. The number of amides is 1. The van der Waals surface area contributed by atoms with Gasteiger partial charge in [-0.05, 0) is 41.5 Å². The highest BCUT2D eigenvalue weighted by Gasteiger charge is 2.31. The average Bonchev–Trinajstić information content (AvgIpc) is 3.32. The molecular formula is C23H16Cl2F3N5O2. The fourth-order valence-electron chi connectivity index (χ4n) is 3.29. The molecular weight excluding hydrogens is 506 g/mol. The maximum Gasteiger partial charge on any atom is 0.416 e. The number of hydrogen-bond acceptors (Lipinski definition) is 5. The van der Waals surface area contributed by atoms with Crippen LogP contribution in [0, 0.1) is 0 Å². The molecule has 180 valence electrons. The van der Waals surface area contributed by atoms with Crippen molar-refractivity contribution in [2.75, 3.05) is 0 Å². The predicted molar refractivity (Wildman–Crippen MR) is 122 cm³/mol. The summed E-state index contributed by atoms with van der Waals surface area (Å²) < 4.78 is 40.8. The van der Waals surface area contributed by atoms with Crippen LogP contribution in [-0.4, -0.2) is 35.7 Å². The van der Waals surface area contributed by atoms with Crippen LogP contribution in [0.5, 0.6) is 5.75 Å². The molecule has 4 aromatic rings. The van der Waals surface area contributed by atoms with Crippen LogP contribution in [0.15, 0.2) is 67.3 Å². The molecule has 1 N–H and O–H groups in total. The molecule has 0 aliphatic heterocycles. The summed E-state index contributed by atoms with van der Waals surface area (Å²) >= 11 is 11.9. The second-order valence-corrected chi connectivity index (χ2v) is 8.31.